The lowest BCUT2D eigenvalue weighted by Gasteiger charge is -1.95. The molecule has 0 aliphatic carbocycles. The highest BCUT2D eigenvalue weighted by molar-refractivity contribution is 5.76. The van der Waals surface area contributed by atoms with Crippen LogP contribution in [0.1, 0.15) is 11.3 Å². The zero-order chi connectivity index (χ0) is 12.6. The number of rotatable bonds is 3. The van der Waals surface area contributed by atoms with E-state index in [1.54, 1.807) is 12.3 Å². The fraction of sp³-hybridized carbons (Fsp3) is 0. The van der Waals surface area contributed by atoms with Crippen molar-refractivity contribution in [2.45, 2.75) is 0 Å². The lowest BCUT2D eigenvalue weighted by atomic mass is 10.1. The van der Waals surface area contributed by atoms with E-state index in [1.165, 1.54) is 0 Å². The molecular formula is C16H12N2. The summed E-state index contributed by atoms with van der Waals surface area (Å²) >= 11 is 0. The Hall–Kier alpha value is -2.66. The molecule has 2 aromatic rings. The predicted molar refractivity (Wildman–Crippen MR) is 73.3 cm³/mol. The number of benzene rings is 1. The smallest absolute Gasteiger partial charge is 0.101 e. The van der Waals surface area contributed by atoms with E-state index in [-0.39, 0.29) is 0 Å². The molecule has 0 atom stereocenters. The number of aromatic nitrogens is 1. The number of hydrogen-bond donors (Lipinski definition) is 0. The van der Waals surface area contributed by atoms with Crippen molar-refractivity contribution >= 4 is 11.6 Å². The van der Waals surface area contributed by atoms with Gasteiger partial charge >= 0.3 is 0 Å². The Morgan fingerprint density at radius 2 is 1.83 bits per heavy atom. The van der Waals surface area contributed by atoms with Gasteiger partial charge in [-0.2, -0.15) is 5.26 Å². The van der Waals surface area contributed by atoms with E-state index in [0.717, 1.165) is 5.56 Å². The number of hydrogen-bond acceptors (Lipinski definition) is 2. The summed E-state index contributed by atoms with van der Waals surface area (Å²) in [6.45, 7) is 0. The summed E-state index contributed by atoms with van der Waals surface area (Å²) in [6, 6.07) is 17.6. The zero-order valence-electron chi connectivity index (χ0n) is 9.82. The van der Waals surface area contributed by atoms with E-state index < -0.39 is 0 Å². The van der Waals surface area contributed by atoms with Crippen molar-refractivity contribution in [1.29, 1.82) is 5.26 Å². The molecule has 0 saturated carbocycles. The van der Waals surface area contributed by atoms with Crippen LogP contribution in [0.4, 0.5) is 0 Å². The summed E-state index contributed by atoms with van der Waals surface area (Å²) in [4.78, 5) is 4.15. The standard InChI is InChI=1S/C16H12N2/c17-13-15(16-11-4-5-12-18-16)10-6-9-14-7-2-1-3-8-14/h1-12H/b9-6+,15-10+. The third-order valence-corrected chi connectivity index (χ3v) is 2.41. The first kappa shape index (κ1) is 11.8. The van der Waals surface area contributed by atoms with Gasteiger partial charge < -0.3 is 0 Å². The molecule has 0 radical (unpaired) electrons. The first-order chi connectivity index (χ1) is 8.90. The number of allylic oxidation sites excluding steroid dienone is 3. The van der Waals surface area contributed by atoms with Gasteiger partial charge in [0.25, 0.3) is 0 Å². The van der Waals surface area contributed by atoms with Crippen LogP contribution < -0.4 is 0 Å². The molecule has 0 spiro atoms. The third kappa shape index (κ3) is 3.16. The van der Waals surface area contributed by atoms with Crippen molar-refractivity contribution in [2.75, 3.05) is 0 Å². The third-order valence-electron chi connectivity index (χ3n) is 2.41. The minimum absolute atomic E-state index is 0.558. The second-order valence-electron chi connectivity index (χ2n) is 3.68. The summed E-state index contributed by atoms with van der Waals surface area (Å²) in [5.41, 5.74) is 2.35. The van der Waals surface area contributed by atoms with Crippen molar-refractivity contribution < 1.29 is 0 Å². The zero-order valence-corrected chi connectivity index (χ0v) is 9.82. The van der Waals surface area contributed by atoms with Crippen LogP contribution >= 0.6 is 0 Å². The molecule has 0 bridgehead atoms. The minimum Gasteiger partial charge on any atom is -0.256 e. The fourth-order valence-electron chi connectivity index (χ4n) is 1.52. The molecule has 1 aromatic heterocycles. The average Bonchev–Trinajstić information content (AvgIpc) is 2.46. The molecule has 0 aliphatic heterocycles. The summed E-state index contributed by atoms with van der Waals surface area (Å²) in [7, 11) is 0. The molecule has 0 unspecified atom stereocenters. The van der Waals surface area contributed by atoms with Crippen molar-refractivity contribution in [3.63, 3.8) is 0 Å². The monoisotopic (exact) mass is 232 g/mol. The Morgan fingerprint density at radius 3 is 2.50 bits per heavy atom. The Bertz CT molecular complexity index is 590. The lowest BCUT2D eigenvalue weighted by molar-refractivity contribution is 1.28. The maximum Gasteiger partial charge on any atom is 0.101 e. The van der Waals surface area contributed by atoms with Gasteiger partial charge in [-0.1, -0.05) is 48.6 Å². The molecule has 0 saturated heterocycles. The molecule has 0 amide bonds. The van der Waals surface area contributed by atoms with E-state index in [4.69, 9.17) is 5.26 Å². The summed E-state index contributed by atoms with van der Waals surface area (Å²) in [5, 5.41) is 9.08. The van der Waals surface area contributed by atoms with Crippen LogP contribution in [0.25, 0.3) is 11.6 Å². The Labute approximate surface area is 107 Å². The normalized spacial score (nSPS) is 11.4. The molecule has 0 aliphatic rings. The molecule has 2 rings (SSSR count). The van der Waals surface area contributed by atoms with Gasteiger partial charge in [0.05, 0.1) is 11.3 Å². The minimum atomic E-state index is 0.558. The van der Waals surface area contributed by atoms with Crippen molar-refractivity contribution in [3.05, 3.63) is 78.1 Å². The summed E-state index contributed by atoms with van der Waals surface area (Å²) in [5.74, 6) is 0. The van der Waals surface area contributed by atoms with Gasteiger partial charge in [-0.05, 0) is 23.8 Å². The molecule has 1 heterocycles. The van der Waals surface area contributed by atoms with Crippen LogP contribution in [0.3, 0.4) is 0 Å². The van der Waals surface area contributed by atoms with Crippen LogP contribution in [0.5, 0.6) is 0 Å². The van der Waals surface area contributed by atoms with Gasteiger partial charge in [0.15, 0.2) is 0 Å². The van der Waals surface area contributed by atoms with Crippen LogP contribution in [0.15, 0.2) is 66.9 Å². The Morgan fingerprint density at radius 1 is 1.06 bits per heavy atom. The molecule has 86 valence electrons. The second kappa shape index (κ2) is 6.17. The van der Waals surface area contributed by atoms with Gasteiger partial charge in [0.1, 0.15) is 6.07 Å². The molecule has 18 heavy (non-hydrogen) atoms. The second-order valence-corrected chi connectivity index (χ2v) is 3.68. The van der Waals surface area contributed by atoms with Crippen molar-refractivity contribution in [1.82, 2.24) is 4.98 Å². The number of nitrogens with zero attached hydrogens (tertiary/aromatic N) is 2. The van der Waals surface area contributed by atoms with E-state index in [2.05, 4.69) is 11.1 Å². The summed E-state index contributed by atoms with van der Waals surface area (Å²) in [6.07, 6.45) is 7.28. The lowest BCUT2D eigenvalue weighted by Crippen LogP contribution is -1.84. The van der Waals surface area contributed by atoms with E-state index in [1.807, 2.05) is 60.7 Å². The Balaban J connectivity index is 2.18. The number of pyridine rings is 1. The highest BCUT2D eigenvalue weighted by Gasteiger charge is 1.98. The molecule has 2 nitrogen and oxygen atoms in total. The van der Waals surface area contributed by atoms with Crippen LogP contribution in [-0.4, -0.2) is 4.98 Å². The van der Waals surface area contributed by atoms with Gasteiger partial charge in [0, 0.05) is 6.20 Å². The first-order valence-electron chi connectivity index (χ1n) is 5.65. The first-order valence-corrected chi connectivity index (χ1v) is 5.65. The number of nitriles is 1. The molecule has 0 fully saturated rings. The molecular weight excluding hydrogens is 220 g/mol. The van der Waals surface area contributed by atoms with Crippen molar-refractivity contribution in [3.8, 4) is 6.07 Å². The van der Waals surface area contributed by atoms with Gasteiger partial charge in [0.2, 0.25) is 0 Å². The van der Waals surface area contributed by atoms with Gasteiger partial charge in [-0.3, -0.25) is 4.98 Å². The maximum atomic E-state index is 9.08. The van der Waals surface area contributed by atoms with E-state index in [0.29, 0.717) is 11.3 Å². The van der Waals surface area contributed by atoms with Gasteiger partial charge in [-0.15, -0.1) is 0 Å². The van der Waals surface area contributed by atoms with E-state index >= 15 is 0 Å². The predicted octanol–water partition coefficient (Wildman–Crippen LogP) is 3.70. The van der Waals surface area contributed by atoms with Crippen LogP contribution in [0.2, 0.25) is 0 Å². The van der Waals surface area contributed by atoms with Crippen molar-refractivity contribution in [2.24, 2.45) is 0 Å². The van der Waals surface area contributed by atoms with E-state index in [9.17, 15) is 0 Å². The highest BCUT2D eigenvalue weighted by Crippen LogP contribution is 2.10. The fourth-order valence-corrected chi connectivity index (χ4v) is 1.52. The molecule has 0 N–H and O–H groups in total. The summed E-state index contributed by atoms with van der Waals surface area (Å²) < 4.78 is 0. The quantitative estimate of drug-likeness (QED) is 0.597. The SMILES string of the molecule is N#C/C(=C\C=C\c1ccccc1)c1ccccn1. The molecule has 2 heteroatoms. The highest BCUT2D eigenvalue weighted by atomic mass is 14.7. The average molecular weight is 232 g/mol. The van der Waals surface area contributed by atoms with Crippen LogP contribution in [0, 0.1) is 11.3 Å². The van der Waals surface area contributed by atoms with Gasteiger partial charge in [-0.25, -0.2) is 0 Å². The largest absolute Gasteiger partial charge is 0.256 e. The maximum absolute atomic E-state index is 9.08. The molecule has 1 aromatic carbocycles. The Kier molecular flexibility index (Phi) is 4.05. The van der Waals surface area contributed by atoms with Crippen LogP contribution in [-0.2, 0) is 0 Å². The topological polar surface area (TPSA) is 36.7 Å².